The molecule has 2 aliphatic rings. The SMILES string of the molecule is O=C1C=CC[C@H]2OC[C@@H](c3ccccc3)N12. The van der Waals surface area contributed by atoms with Gasteiger partial charge in [0.05, 0.1) is 12.6 Å². The summed E-state index contributed by atoms with van der Waals surface area (Å²) in [4.78, 5) is 13.7. The Bertz CT molecular complexity index is 427. The van der Waals surface area contributed by atoms with Crippen LogP contribution in [0.15, 0.2) is 42.5 Å². The zero-order valence-corrected chi connectivity index (χ0v) is 8.87. The van der Waals surface area contributed by atoms with E-state index >= 15 is 0 Å². The lowest BCUT2D eigenvalue weighted by atomic mass is 10.1. The van der Waals surface area contributed by atoms with Crippen molar-refractivity contribution in [2.24, 2.45) is 0 Å². The van der Waals surface area contributed by atoms with Crippen LogP contribution in [0.25, 0.3) is 0 Å². The van der Waals surface area contributed by atoms with E-state index in [0.717, 1.165) is 12.0 Å². The monoisotopic (exact) mass is 215 g/mol. The van der Waals surface area contributed by atoms with Gasteiger partial charge in [0.15, 0.2) is 0 Å². The van der Waals surface area contributed by atoms with Crippen LogP contribution in [0.5, 0.6) is 0 Å². The molecule has 0 aliphatic carbocycles. The van der Waals surface area contributed by atoms with Crippen molar-refractivity contribution in [3.8, 4) is 0 Å². The minimum Gasteiger partial charge on any atom is -0.355 e. The number of hydrogen-bond donors (Lipinski definition) is 0. The first-order valence-corrected chi connectivity index (χ1v) is 5.51. The van der Waals surface area contributed by atoms with Gasteiger partial charge >= 0.3 is 0 Å². The number of rotatable bonds is 1. The van der Waals surface area contributed by atoms with Crippen molar-refractivity contribution in [3.63, 3.8) is 0 Å². The minimum absolute atomic E-state index is 0.0580. The smallest absolute Gasteiger partial charge is 0.248 e. The van der Waals surface area contributed by atoms with E-state index in [1.54, 1.807) is 6.08 Å². The Morgan fingerprint density at radius 1 is 1.25 bits per heavy atom. The molecule has 3 nitrogen and oxygen atoms in total. The van der Waals surface area contributed by atoms with Crippen LogP contribution in [0.1, 0.15) is 18.0 Å². The van der Waals surface area contributed by atoms with Gasteiger partial charge in [-0.15, -0.1) is 0 Å². The summed E-state index contributed by atoms with van der Waals surface area (Å²) in [6, 6.07) is 10.1. The largest absolute Gasteiger partial charge is 0.355 e. The molecule has 0 spiro atoms. The molecule has 0 bridgehead atoms. The molecule has 0 aromatic heterocycles. The lowest BCUT2D eigenvalue weighted by Gasteiger charge is -2.29. The molecule has 0 unspecified atom stereocenters. The molecule has 82 valence electrons. The third kappa shape index (κ3) is 1.44. The number of fused-ring (bicyclic) bond motifs is 1. The number of nitrogens with zero attached hydrogens (tertiary/aromatic N) is 1. The van der Waals surface area contributed by atoms with Crippen LogP contribution in [-0.4, -0.2) is 23.6 Å². The van der Waals surface area contributed by atoms with Crippen LogP contribution in [-0.2, 0) is 9.53 Å². The highest BCUT2D eigenvalue weighted by Crippen LogP contribution is 2.33. The third-order valence-corrected chi connectivity index (χ3v) is 3.13. The molecule has 3 rings (SSSR count). The van der Waals surface area contributed by atoms with Crippen molar-refractivity contribution in [2.75, 3.05) is 6.61 Å². The summed E-state index contributed by atoms with van der Waals surface area (Å²) in [6.07, 6.45) is 4.26. The molecule has 3 heteroatoms. The number of hydrogen-bond acceptors (Lipinski definition) is 2. The maximum atomic E-state index is 11.8. The van der Waals surface area contributed by atoms with E-state index < -0.39 is 0 Å². The van der Waals surface area contributed by atoms with Gasteiger partial charge in [-0.25, -0.2) is 0 Å². The van der Waals surface area contributed by atoms with Gasteiger partial charge < -0.3 is 9.64 Å². The summed E-state index contributed by atoms with van der Waals surface area (Å²) in [5, 5.41) is 0. The van der Waals surface area contributed by atoms with Crippen LogP contribution in [0.2, 0.25) is 0 Å². The lowest BCUT2D eigenvalue weighted by molar-refractivity contribution is -0.133. The number of carbonyl (C=O) groups excluding carboxylic acids is 1. The Kier molecular flexibility index (Phi) is 2.26. The van der Waals surface area contributed by atoms with E-state index in [1.807, 2.05) is 41.3 Å². The number of carbonyl (C=O) groups is 1. The first-order chi connectivity index (χ1) is 7.86. The van der Waals surface area contributed by atoms with E-state index in [2.05, 4.69) is 0 Å². The second kappa shape index (κ2) is 3.76. The van der Waals surface area contributed by atoms with Gasteiger partial charge in [-0.1, -0.05) is 36.4 Å². The molecule has 0 radical (unpaired) electrons. The summed E-state index contributed by atoms with van der Waals surface area (Å²) >= 11 is 0. The van der Waals surface area contributed by atoms with E-state index in [9.17, 15) is 4.79 Å². The third-order valence-electron chi connectivity index (χ3n) is 3.13. The van der Waals surface area contributed by atoms with Gasteiger partial charge in [0, 0.05) is 6.42 Å². The fourth-order valence-electron chi connectivity index (χ4n) is 2.34. The lowest BCUT2D eigenvalue weighted by Crippen LogP contribution is -2.38. The molecule has 1 aromatic carbocycles. The second-order valence-electron chi connectivity index (χ2n) is 4.10. The molecule has 0 N–H and O–H groups in total. The fraction of sp³-hybridized carbons (Fsp3) is 0.308. The standard InChI is InChI=1S/C13H13NO2/c15-12-7-4-8-13-14(12)11(9-16-13)10-5-2-1-3-6-10/h1-7,11,13H,8-9H2/t11-,13+/m0/s1. The Balaban J connectivity index is 1.93. The maximum absolute atomic E-state index is 11.8. The molecule has 2 aliphatic heterocycles. The molecule has 1 amide bonds. The molecule has 16 heavy (non-hydrogen) atoms. The summed E-state index contributed by atoms with van der Waals surface area (Å²) < 4.78 is 5.65. The first-order valence-electron chi connectivity index (χ1n) is 5.51. The van der Waals surface area contributed by atoms with Crippen molar-refractivity contribution in [1.82, 2.24) is 4.90 Å². The maximum Gasteiger partial charge on any atom is 0.248 e. The van der Waals surface area contributed by atoms with Crippen molar-refractivity contribution in [2.45, 2.75) is 18.7 Å². The summed E-state index contributed by atoms with van der Waals surface area (Å²) in [5.74, 6) is 0.0580. The average Bonchev–Trinajstić information content (AvgIpc) is 2.75. The predicted molar refractivity (Wildman–Crippen MR) is 59.5 cm³/mol. The van der Waals surface area contributed by atoms with Crippen molar-refractivity contribution < 1.29 is 9.53 Å². The molecule has 1 aromatic rings. The summed E-state index contributed by atoms with van der Waals surface area (Å²) in [7, 11) is 0. The van der Waals surface area contributed by atoms with E-state index in [1.165, 1.54) is 0 Å². The average molecular weight is 215 g/mol. The first kappa shape index (κ1) is 9.60. The highest BCUT2D eigenvalue weighted by molar-refractivity contribution is 5.89. The van der Waals surface area contributed by atoms with Crippen LogP contribution >= 0.6 is 0 Å². The highest BCUT2D eigenvalue weighted by atomic mass is 16.5. The molecule has 1 fully saturated rings. The zero-order valence-electron chi connectivity index (χ0n) is 8.87. The molecular formula is C13H13NO2. The fourth-order valence-corrected chi connectivity index (χ4v) is 2.34. The van der Waals surface area contributed by atoms with Gasteiger partial charge in [0.25, 0.3) is 0 Å². The van der Waals surface area contributed by atoms with Crippen molar-refractivity contribution in [1.29, 1.82) is 0 Å². The van der Waals surface area contributed by atoms with Crippen LogP contribution in [0.3, 0.4) is 0 Å². The predicted octanol–water partition coefficient (Wildman–Crippen LogP) is 1.87. The summed E-state index contributed by atoms with van der Waals surface area (Å²) in [5.41, 5.74) is 1.15. The quantitative estimate of drug-likeness (QED) is 0.715. The van der Waals surface area contributed by atoms with Gasteiger partial charge in [-0.05, 0) is 11.6 Å². The Morgan fingerprint density at radius 3 is 2.88 bits per heavy atom. The Labute approximate surface area is 94.3 Å². The second-order valence-corrected chi connectivity index (χ2v) is 4.10. The number of ether oxygens (including phenoxy) is 1. The summed E-state index contributed by atoms with van der Waals surface area (Å²) in [6.45, 7) is 0.599. The Morgan fingerprint density at radius 2 is 2.06 bits per heavy atom. The van der Waals surface area contributed by atoms with Gasteiger partial charge in [-0.2, -0.15) is 0 Å². The van der Waals surface area contributed by atoms with Crippen molar-refractivity contribution in [3.05, 3.63) is 48.0 Å². The molecule has 2 atom stereocenters. The number of benzene rings is 1. The van der Waals surface area contributed by atoms with E-state index in [4.69, 9.17) is 4.74 Å². The topological polar surface area (TPSA) is 29.5 Å². The molecule has 2 heterocycles. The highest BCUT2D eigenvalue weighted by Gasteiger charge is 2.38. The zero-order chi connectivity index (χ0) is 11.0. The minimum atomic E-state index is -0.0669. The van der Waals surface area contributed by atoms with Crippen LogP contribution in [0, 0.1) is 0 Å². The van der Waals surface area contributed by atoms with Gasteiger partial charge in [0.2, 0.25) is 5.91 Å². The van der Waals surface area contributed by atoms with Crippen molar-refractivity contribution >= 4 is 5.91 Å². The van der Waals surface area contributed by atoms with Crippen LogP contribution < -0.4 is 0 Å². The van der Waals surface area contributed by atoms with Crippen LogP contribution in [0.4, 0.5) is 0 Å². The molecule has 0 saturated carbocycles. The van der Waals surface area contributed by atoms with E-state index in [-0.39, 0.29) is 18.2 Å². The normalized spacial score (nSPS) is 28.2. The van der Waals surface area contributed by atoms with Gasteiger partial charge in [0.1, 0.15) is 6.23 Å². The Hall–Kier alpha value is -1.61. The molecule has 1 saturated heterocycles. The number of amides is 1. The van der Waals surface area contributed by atoms with Gasteiger partial charge in [-0.3, -0.25) is 4.79 Å². The molecular weight excluding hydrogens is 202 g/mol. The van der Waals surface area contributed by atoms with E-state index in [0.29, 0.717) is 6.61 Å².